The van der Waals surface area contributed by atoms with E-state index in [-0.39, 0.29) is 0 Å². The molecule has 1 saturated carbocycles. The molecule has 1 aliphatic carbocycles. The van der Waals surface area contributed by atoms with Gasteiger partial charge in [-0.15, -0.1) is 0 Å². The van der Waals surface area contributed by atoms with Gasteiger partial charge in [-0.25, -0.2) is 4.98 Å². The van der Waals surface area contributed by atoms with Crippen LogP contribution in [0, 0.1) is 0 Å². The van der Waals surface area contributed by atoms with Crippen LogP contribution in [0.25, 0.3) is 11.0 Å². The van der Waals surface area contributed by atoms with Crippen molar-refractivity contribution in [1.82, 2.24) is 14.5 Å². The summed E-state index contributed by atoms with van der Waals surface area (Å²) in [6, 6.07) is 3.14. The molecule has 0 saturated heterocycles. The Hall–Kier alpha value is -1.78. The highest BCUT2D eigenvalue weighted by Crippen LogP contribution is 2.33. The molecule has 2 aromatic heterocycles. The van der Waals surface area contributed by atoms with Crippen LogP contribution in [0.5, 0.6) is 0 Å². The molecule has 1 aliphatic heterocycles. The van der Waals surface area contributed by atoms with Gasteiger partial charge in [-0.1, -0.05) is 0 Å². The van der Waals surface area contributed by atoms with Crippen molar-refractivity contribution in [3.63, 3.8) is 0 Å². The average molecular weight is 257 g/mol. The number of hydrogen-bond donors (Lipinski definition) is 1. The van der Waals surface area contributed by atoms with Gasteiger partial charge in [0.15, 0.2) is 5.82 Å². The highest BCUT2D eigenvalue weighted by molar-refractivity contribution is 5.89. The molecule has 3 heterocycles. The Kier molecular flexibility index (Phi) is 2.25. The summed E-state index contributed by atoms with van der Waals surface area (Å²) in [4.78, 5) is 11.6. The minimum absolute atomic E-state index is 0.476. The molecule has 100 valence electrons. The third-order valence-electron chi connectivity index (χ3n) is 4.36. The molecular formula is C14H19N5. The van der Waals surface area contributed by atoms with Crippen molar-refractivity contribution >= 4 is 22.8 Å². The maximum Gasteiger partial charge on any atom is 0.225 e. The van der Waals surface area contributed by atoms with E-state index in [1.54, 1.807) is 0 Å². The molecule has 1 unspecified atom stereocenters. The van der Waals surface area contributed by atoms with Gasteiger partial charge >= 0.3 is 0 Å². The number of hydrogen-bond acceptors (Lipinski definition) is 4. The molecule has 0 aromatic carbocycles. The van der Waals surface area contributed by atoms with Crippen molar-refractivity contribution in [2.24, 2.45) is 0 Å². The first-order chi connectivity index (χ1) is 9.22. The molecule has 1 atom stereocenters. The van der Waals surface area contributed by atoms with Crippen LogP contribution in [-0.2, 0) is 0 Å². The Morgan fingerprint density at radius 3 is 2.89 bits per heavy atom. The number of nitrogens with zero attached hydrogens (tertiary/aromatic N) is 4. The molecule has 1 fully saturated rings. The van der Waals surface area contributed by atoms with Crippen LogP contribution in [0.15, 0.2) is 12.3 Å². The second kappa shape index (κ2) is 3.85. The molecule has 5 heteroatoms. The average Bonchev–Trinajstić information content (AvgIpc) is 2.75. The topological polar surface area (TPSA) is 46.0 Å². The van der Waals surface area contributed by atoms with Crippen LogP contribution in [0.3, 0.4) is 0 Å². The summed E-state index contributed by atoms with van der Waals surface area (Å²) in [7, 11) is 2.11. The van der Waals surface area contributed by atoms with E-state index >= 15 is 0 Å². The molecule has 19 heavy (non-hydrogen) atoms. The van der Waals surface area contributed by atoms with Crippen molar-refractivity contribution in [3.8, 4) is 0 Å². The quantitative estimate of drug-likeness (QED) is 0.897. The number of rotatable bonds is 2. The second-order valence-corrected chi connectivity index (χ2v) is 5.83. The van der Waals surface area contributed by atoms with Gasteiger partial charge in [-0.05, 0) is 32.3 Å². The van der Waals surface area contributed by atoms with Crippen LogP contribution in [0.2, 0.25) is 0 Å². The lowest BCUT2D eigenvalue weighted by Crippen LogP contribution is -2.32. The maximum atomic E-state index is 4.72. The maximum absolute atomic E-state index is 4.72. The van der Waals surface area contributed by atoms with Crippen LogP contribution >= 0.6 is 0 Å². The predicted octanol–water partition coefficient (Wildman–Crippen LogP) is 2.41. The number of aromatic nitrogens is 3. The van der Waals surface area contributed by atoms with Gasteiger partial charge in [0.25, 0.3) is 0 Å². The first-order valence-corrected chi connectivity index (χ1v) is 7.08. The number of likely N-dealkylation sites (N-methyl/N-ethyl adjacent to an activating group) is 1. The summed E-state index contributed by atoms with van der Waals surface area (Å²) in [6.07, 6.45) is 5.93. The van der Waals surface area contributed by atoms with Gasteiger partial charge in [0.1, 0.15) is 5.52 Å². The van der Waals surface area contributed by atoms with Crippen molar-refractivity contribution in [2.75, 3.05) is 23.8 Å². The van der Waals surface area contributed by atoms with Gasteiger partial charge < -0.3 is 14.8 Å². The highest BCUT2D eigenvalue weighted by atomic mass is 15.3. The summed E-state index contributed by atoms with van der Waals surface area (Å²) in [6.45, 7) is 3.23. The van der Waals surface area contributed by atoms with E-state index in [1.807, 2.05) is 0 Å². The minimum atomic E-state index is 0.476. The van der Waals surface area contributed by atoms with E-state index < -0.39 is 0 Å². The normalized spacial score (nSPS) is 22.6. The fourth-order valence-electron chi connectivity index (χ4n) is 3.05. The zero-order chi connectivity index (χ0) is 13.0. The summed E-state index contributed by atoms with van der Waals surface area (Å²) in [5, 5.41) is 3.45. The number of anilines is 2. The summed E-state index contributed by atoms with van der Waals surface area (Å²) >= 11 is 0. The van der Waals surface area contributed by atoms with E-state index in [4.69, 9.17) is 4.98 Å². The second-order valence-electron chi connectivity index (χ2n) is 5.83. The fourth-order valence-corrected chi connectivity index (χ4v) is 3.05. The number of nitrogens with one attached hydrogen (secondary N) is 1. The lowest BCUT2D eigenvalue weighted by atomic mass is 9.93. The van der Waals surface area contributed by atoms with Crippen molar-refractivity contribution in [3.05, 3.63) is 12.3 Å². The molecule has 0 bridgehead atoms. The van der Waals surface area contributed by atoms with Crippen molar-refractivity contribution in [1.29, 1.82) is 0 Å². The Morgan fingerprint density at radius 1 is 1.32 bits per heavy atom. The summed E-state index contributed by atoms with van der Waals surface area (Å²) in [5.41, 5.74) is 2.21. The standard InChI is InChI=1S/C14H19N5/c1-9-8-18(2)13-12-11(6-7-19(9)12)16-14(17-13)15-10-4-3-5-10/h6-7,9-10H,3-5,8H2,1-2H3,(H,15,16,17). The van der Waals surface area contributed by atoms with Gasteiger partial charge in [0.2, 0.25) is 5.95 Å². The third-order valence-corrected chi connectivity index (χ3v) is 4.36. The van der Waals surface area contributed by atoms with Crippen LogP contribution < -0.4 is 10.2 Å². The summed E-state index contributed by atoms with van der Waals surface area (Å²) < 4.78 is 2.29. The summed E-state index contributed by atoms with van der Waals surface area (Å²) in [5.74, 6) is 1.83. The Balaban J connectivity index is 1.82. The molecule has 1 N–H and O–H groups in total. The lowest BCUT2D eigenvalue weighted by molar-refractivity contribution is 0.443. The SMILES string of the molecule is CC1CN(C)c2nc(NC3CCC3)nc3ccn1c23. The van der Waals surface area contributed by atoms with E-state index in [1.165, 1.54) is 24.8 Å². The molecule has 0 amide bonds. The Bertz CT molecular complexity index is 628. The molecule has 2 aliphatic rings. The van der Waals surface area contributed by atoms with E-state index in [2.05, 4.69) is 46.0 Å². The Labute approximate surface area is 112 Å². The third kappa shape index (κ3) is 1.60. The fraction of sp³-hybridized carbons (Fsp3) is 0.571. The smallest absolute Gasteiger partial charge is 0.225 e. The predicted molar refractivity (Wildman–Crippen MR) is 76.8 cm³/mol. The lowest BCUT2D eigenvalue weighted by Gasteiger charge is -2.31. The monoisotopic (exact) mass is 257 g/mol. The molecule has 4 rings (SSSR count). The van der Waals surface area contributed by atoms with Crippen LogP contribution in [0.1, 0.15) is 32.2 Å². The van der Waals surface area contributed by atoms with Gasteiger partial charge in [0.05, 0.1) is 5.52 Å². The van der Waals surface area contributed by atoms with Gasteiger partial charge in [-0.2, -0.15) is 4.98 Å². The highest BCUT2D eigenvalue weighted by Gasteiger charge is 2.25. The zero-order valence-corrected chi connectivity index (χ0v) is 11.4. The molecule has 0 radical (unpaired) electrons. The van der Waals surface area contributed by atoms with E-state index in [9.17, 15) is 0 Å². The molecular weight excluding hydrogens is 238 g/mol. The van der Waals surface area contributed by atoms with Gasteiger partial charge in [0, 0.05) is 31.9 Å². The first kappa shape index (κ1) is 11.1. The van der Waals surface area contributed by atoms with Crippen LogP contribution in [-0.4, -0.2) is 34.2 Å². The largest absolute Gasteiger partial charge is 0.356 e. The Morgan fingerprint density at radius 2 is 2.16 bits per heavy atom. The van der Waals surface area contributed by atoms with Crippen molar-refractivity contribution < 1.29 is 0 Å². The first-order valence-electron chi connectivity index (χ1n) is 7.08. The van der Waals surface area contributed by atoms with Crippen LogP contribution in [0.4, 0.5) is 11.8 Å². The van der Waals surface area contributed by atoms with E-state index in [0.29, 0.717) is 12.1 Å². The zero-order valence-electron chi connectivity index (χ0n) is 11.4. The van der Waals surface area contributed by atoms with Gasteiger partial charge in [-0.3, -0.25) is 0 Å². The minimum Gasteiger partial charge on any atom is -0.356 e. The molecule has 0 spiro atoms. The van der Waals surface area contributed by atoms with Crippen molar-refractivity contribution in [2.45, 2.75) is 38.3 Å². The molecule has 5 nitrogen and oxygen atoms in total. The van der Waals surface area contributed by atoms with E-state index in [0.717, 1.165) is 23.8 Å². The molecule has 2 aromatic rings.